The molecule has 2 unspecified atom stereocenters. The van der Waals surface area contributed by atoms with Gasteiger partial charge in [-0.25, -0.2) is 0 Å². The average molecular weight is 308 g/mol. The van der Waals surface area contributed by atoms with Crippen molar-refractivity contribution in [2.45, 2.75) is 53.1 Å². The molecule has 2 fully saturated rings. The van der Waals surface area contributed by atoms with Crippen LogP contribution in [-0.4, -0.2) is 48.2 Å². The lowest BCUT2D eigenvalue weighted by Crippen LogP contribution is -2.38. The first-order valence-corrected chi connectivity index (χ1v) is 8.65. The van der Waals surface area contributed by atoms with Gasteiger partial charge in [0.05, 0.1) is 12.0 Å². The van der Waals surface area contributed by atoms with Crippen molar-refractivity contribution in [3.8, 4) is 0 Å². The number of amides is 1. The van der Waals surface area contributed by atoms with Gasteiger partial charge in [0.1, 0.15) is 0 Å². The number of hydrogen-bond donors (Lipinski definition) is 2. The fourth-order valence-corrected chi connectivity index (χ4v) is 3.62. The Bertz CT molecular complexity index is 419. The summed E-state index contributed by atoms with van der Waals surface area (Å²) in [7, 11) is 0. The van der Waals surface area contributed by atoms with E-state index in [1.165, 1.54) is 5.57 Å². The van der Waals surface area contributed by atoms with E-state index >= 15 is 0 Å². The first-order valence-electron chi connectivity index (χ1n) is 8.65. The third-order valence-electron chi connectivity index (χ3n) is 5.21. The number of rotatable bonds is 6. The van der Waals surface area contributed by atoms with Crippen LogP contribution in [-0.2, 0) is 4.79 Å². The lowest BCUT2D eigenvalue weighted by atomic mass is 10.1. The van der Waals surface area contributed by atoms with E-state index in [2.05, 4.69) is 44.0 Å². The van der Waals surface area contributed by atoms with Crippen LogP contribution < -0.4 is 5.32 Å². The fourth-order valence-electron chi connectivity index (χ4n) is 3.62. The molecule has 2 rings (SSSR count). The number of nitrogens with one attached hydrogen (secondary N) is 1. The maximum Gasteiger partial charge on any atom is 0.224 e. The van der Waals surface area contributed by atoms with Crippen molar-refractivity contribution in [2.75, 3.05) is 26.2 Å². The molecule has 0 radical (unpaired) electrons. The van der Waals surface area contributed by atoms with Crippen molar-refractivity contribution >= 4 is 5.91 Å². The molecule has 22 heavy (non-hydrogen) atoms. The number of nitrogens with zero attached hydrogens (tertiary/aromatic N) is 1. The van der Waals surface area contributed by atoms with Crippen molar-refractivity contribution in [3.05, 3.63) is 11.6 Å². The minimum atomic E-state index is -0.111. The maximum atomic E-state index is 12.3. The van der Waals surface area contributed by atoms with Gasteiger partial charge >= 0.3 is 0 Å². The van der Waals surface area contributed by atoms with E-state index in [4.69, 9.17) is 0 Å². The molecule has 1 amide bonds. The highest BCUT2D eigenvalue weighted by Gasteiger charge is 2.60. The van der Waals surface area contributed by atoms with Crippen molar-refractivity contribution in [1.82, 2.24) is 10.2 Å². The van der Waals surface area contributed by atoms with Gasteiger partial charge in [-0.15, -0.1) is 0 Å². The van der Waals surface area contributed by atoms with Crippen LogP contribution >= 0.6 is 0 Å². The molecule has 2 atom stereocenters. The third-order valence-corrected chi connectivity index (χ3v) is 5.21. The summed E-state index contributed by atoms with van der Waals surface area (Å²) < 4.78 is 0. The maximum absolute atomic E-state index is 12.3. The van der Waals surface area contributed by atoms with Gasteiger partial charge in [0, 0.05) is 19.6 Å². The standard InChI is InChI=1S/C18H32N2O2/c1-13(2)12-15-16(18(15,3)4)17(22)19-8-5-9-20-10-6-14(21)7-11-20/h12,14-16,21H,5-11H2,1-4H3,(H,19,22). The Balaban J connectivity index is 1.65. The van der Waals surface area contributed by atoms with Crippen molar-refractivity contribution < 1.29 is 9.90 Å². The zero-order valence-electron chi connectivity index (χ0n) is 14.6. The molecule has 0 spiro atoms. The topological polar surface area (TPSA) is 52.6 Å². The molecule has 2 N–H and O–H groups in total. The zero-order chi connectivity index (χ0) is 16.3. The normalized spacial score (nSPS) is 28.2. The van der Waals surface area contributed by atoms with E-state index in [1.54, 1.807) is 0 Å². The smallest absolute Gasteiger partial charge is 0.224 e. The van der Waals surface area contributed by atoms with Crippen LogP contribution in [0.25, 0.3) is 0 Å². The van der Waals surface area contributed by atoms with E-state index in [-0.39, 0.29) is 23.3 Å². The summed E-state index contributed by atoms with van der Waals surface area (Å²) in [6.07, 6.45) is 4.88. The first-order chi connectivity index (χ1) is 10.3. The van der Waals surface area contributed by atoms with Crippen molar-refractivity contribution in [3.63, 3.8) is 0 Å². The second-order valence-corrected chi connectivity index (χ2v) is 7.79. The number of aliphatic hydroxyl groups is 1. The highest BCUT2D eigenvalue weighted by Crippen LogP contribution is 2.59. The number of allylic oxidation sites excluding steroid dienone is 2. The molecule has 1 heterocycles. The summed E-state index contributed by atoms with van der Waals surface area (Å²) in [4.78, 5) is 14.7. The Labute approximate surface area is 135 Å². The van der Waals surface area contributed by atoms with E-state index < -0.39 is 0 Å². The lowest BCUT2D eigenvalue weighted by molar-refractivity contribution is -0.123. The molecule has 4 nitrogen and oxygen atoms in total. The molecule has 1 saturated carbocycles. The number of hydrogen-bond acceptors (Lipinski definition) is 3. The summed E-state index contributed by atoms with van der Waals surface area (Å²) in [5.74, 6) is 0.732. The highest BCUT2D eigenvalue weighted by atomic mass is 16.3. The van der Waals surface area contributed by atoms with E-state index in [0.717, 1.165) is 45.4 Å². The van der Waals surface area contributed by atoms with E-state index in [0.29, 0.717) is 5.92 Å². The minimum absolute atomic E-state index is 0.102. The second-order valence-electron chi connectivity index (χ2n) is 7.79. The van der Waals surface area contributed by atoms with Crippen LogP contribution in [0.1, 0.15) is 47.0 Å². The highest BCUT2D eigenvalue weighted by molar-refractivity contribution is 5.83. The van der Waals surface area contributed by atoms with Crippen LogP contribution in [0.3, 0.4) is 0 Å². The molecule has 126 valence electrons. The van der Waals surface area contributed by atoms with Crippen LogP contribution in [0.4, 0.5) is 0 Å². The van der Waals surface area contributed by atoms with Crippen LogP contribution in [0.2, 0.25) is 0 Å². The van der Waals surface area contributed by atoms with Crippen LogP contribution in [0.5, 0.6) is 0 Å². The van der Waals surface area contributed by atoms with Crippen molar-refractivity contribution in [2.24, 2.45) is 17.3 Å². The summed E-state index contributed by atoms with van der Waals surface area (Å²) in [6, 6.07) is 0. The predicted molar refractivity (Wildman–Crippen MR) is 89.5 cm³/mol. The second kappa shape index (κ2) is 7.14. The van der Waals surface area contributed by atoms with E-state index in [1.807, 2.05) is 0 Å². The molecule has 0 aromatic heterocycles. The number of likely N-dealkylation sites (tertiary alicyclic amines) is 1. The number of carbonyl (C=O) groups excluding carboxylic acids is 1. The van der Waals surface area contributed by atoms with Gasteiger partial charge in [-0.1, -0.05) is 25.5 Å². The first kappa shape index (κ1) is 17.5. The monoisotopic (exact) mass is 308 g/mol. The van der Waals surface area contributed by atoms with Gasteiger partial charge in [-0.2, -0.15) is 0 Å². The molecule has 1 aliphatic heterocycles. The molecular formula is C18H32N2O2. The summed E-state index contributed by atoms with van der Waals surface area (Å²) in [5.41, 5.74) is 1.39. The molecule has 0 bridgehead atoms. The van der Waals surface area contributed by atoms with Crippen LogP contribution in [0.15, 0.2) is 11.6 Å². The summed E-state index contributed by atoms with van der Waals surface area (Å²) >= 11 is 0. The number of carbonyl (C=O) groups is 1. The third kappa shape index (κ3) is 4.32. The van der Waals surface area contributed by atoms with Gasteiger partial charge in [-0.05, 0) is 51.0 Å². The predicted octanol–water partition coefficient (Wildman–Crippen LogP) is 2.19. The quantitative estimate of drug-likeness (QED) is 0.584. The van der Waals surface area contributed by atoms with Gasteiger partial charge in [0.25, 0.3) is 0 Å². The van der Waals surface area contributed by atoms with Gasteiger partial charge < -0.3 is 15.3 Å². The minimum Gasteiger partial charge on any atom is -0.393 e. The fraction of sp³-hybridized carbons (Fsp3) is 0.833. The van der Waals surface area contributed by atoms with Gasteiger partial charge in [0.2, 0.25) is 5.91 Å². The molecule has 1 aliphatic carbocycles. The van der Waals surface area contributed by atoms with Gasteiger partial charge in [0.15, 0.2) is 0 Å². The summed E-state index contributed by atoms with van der Waals surface area (Å²) in [6.45, 7) is 12.3. The molecule has 4 heteroatoms. The number of aliphatic hydroxyl groups excluding tert-OH is 1. The Hall–Kier alpha value is -0.870. The summed E-state index contributed by atoms with van der Waals surface area (Å²) in [5, 5.41) is 12.6. The SMILES string of the molecule is CC(C)=CC1C(C(=O)NCCCN2CCC(O)CC2)C1(C)C. The van der Waals surface area contributed by atoms with Crippen LogP contribution in [0, 0.1) is 17.3 Å². The zero-order valence-corrected chi connectivity index (χ0v) is 14.6. The molecule has 1 saturated heterocycles. The molecule has 2 aliphatic rings. The Morgan fingerprint density at radius 2 is 1.95 bits per heavy atom. The largest absolute Gasteiger partial charge is 0.393 e. The number of piperidine rings is 1. The van der Waals surface area contributed by atoms with Gasteiger partial charge in [-0.3, -0.25) is 4.79 Å². The molecule has 0 aromatic rings. The lowest BCUT2D eigenvalue weighted by Gasteiger charge is -2.29. The Morgan fingerprint density at radius 1 is 1.32 bits per heavy atom. The molecule has 0 aromatic carbocycles. The average Bonchev–Trinajstić information content (AvgIpc) is 2.97. The van der Waals surface area contributed by atoms with E-state index in [9.17, 15) is 9.90 Å². The Morgan fingerprint density at radius 3 is 2.55 bits per heavy atom. The molecular weight excluding hydrogens is 276 g/mol. The van der Waals surface area contributed by atoms with Crippen molar-refractivity contribution in [1.29, 1.82) is 0 Å². The Kier molecular flexibility index (Phi) is 5.67.